The van der Waals surface area contributed by atoms with Crippen LogP contribution in [0.5, 0.6) is 0 Å². The number of carbonyl (C=O) groups is 3. The van der Waals surface area contributed by atoms with E-state index in [-0.39, 0.29) is 0 Å². The fraction of sp³-hybridized carbons (Fsp3) is 0.946. The number of nitrogens with one attached hydrogen (secondary N) is 1. The molecule has 0 aromatic carbocycles. The fourth-order valence-electron chi connectivity index (χ4n) is 12.9. The van der Waals surface area contributed by atoms with E-state index < -0.39 is 314 Å². The summed E-state index contributed by atoms with van der Waals surface area (Å²) in [5, 5.41) is 278. The van der Waals surface area contributed by atoms with Crippen molar-refractivity contribution in [1.29, 1.82) is 0 Å². The van der Waals surface area contributed by atoms with Gasteiger partial charge in [0.2, 0.25) is 5.91 Å². The van der Waals surface area contributed by atoms with Gasteiger partial charge in [-0.1, -0.05) is 0 Å². The molecule has 8 aliphatic heterocycles. The van der Waals surface area contributed by atoms with Crippen molar-refractivity contribution in [3.05, 3.63) is 0 Å². The summed E-state index contributed by atoms with van der Waals surface area (Å²) >= 11 is 0. The lowest BCUT2D eigenvalue weighted by molar-refractivity contribution is -0.408. The van der Waals surface area contributed by atoms with E-state index in [1.54, 1.807) is 0 Å². The molecule has 0 spiro atoms. The van der Waals surface area contributed by atoms with Gasteiger partial charge in [-0.2, -0.15) is 0 Å². The number of aliphatic hydroxyl groups is 23. The van der Waals surface area contributed by atoms with Crippen molar-refractivity contribution in [1.82, 2.24) is 5.32 Å². The van der Waals surface area contributed by atoms with Gasteiger partial charge in [-0.05, 0) is 27.7 Å². The van der Waals surface area contributed by atoms with Crippen molar-refractivity contribution >= 4 is 17.8 Å². The van der Waals surface area contributed by atoms with Crippen LogP contribution < -0.4 is 5.32 Å². The lowest BCUT2D eigenvalue weighted by atomic mass is 9.89. The number of rotatable bonds is 25. The largest absolute Gasteiger partial charge is 0.477 e. The summed E-state index contributed by atoms with van der Waals surface area (Å²) in [5.41, 5.74) is 0. The van der Waals surface area contributed by atoms with Gasteiger partial charge < -0.3 is 204 Å². The highest BCUT2D eigenvalue weighted by Crippen LogP contribution is 2.45. The summed E-state index contributed by atoms with van der Waals surface area (Å²) in [6.07, 6.45) is -85.5. The first-order chi connectivity index (χ1) is 46.8. The van der Waals surface area contributed by atoms with Crippen LogP contribution in [0, 0.1) is 0 Å². The minimum absolute atomic E-state index is 0.885. The predicted molar refractivity (Wildman–Crippen MR) is 305 cm³/mol. The SMILES string of the molecule is CC(=O)N[C@H]1C(O)O[C@H](CO[C@]2(C(=O)O)C[C@H](O[C@@H]3O[C@@H](C)[C@@H](O)[C@@H](O)[C@@H]3O)[C@@H](O[C@@H]3O[C@@H](C)[C@@H](O)[C@@H](O)[C@@H]3O)[C@H]([C@H](O)[C@H](O)CO)O2)[C@H](O)[C@@H]1O[C@@H]1O[C@H](CO)[C@H](O)[C@H](O[C@]2(C(=O)O)C[C@H](O[C@@H]3O[C@@H](C)[C@@H](O)[C@@H](O)[C@@H]3O)[C@@H](O[C@@H]3O[C@@H](C)[C@@H](O)[C@@H](O)[C@@H]3O)[C@H]([C@H](O)[C@H](O)CO)O2)[C@H]1O. The molecule has 44 heteroatoms. The summed E-state index contributed by atoms with van der Waals surface area (Å²) in [5.74, 6) is -12.4. The van der Waals surface area contributed by atoms with E-state index in [1.807, 2.05) is 0 Å². The van der Waals surface area contributed by atoms with Crippen molar-refractivity contribution < 1.29 is 213 Å². The van der Waals surface area contributed by atoms with E-state index in [9.17, 15) is 142 Å². The second-order valence-corrected chi connectivity index (χ2v) is 25.9. The maximum absolute atomic E-state index is 14.0. The highest BCUT2D eigenvalue weighted by molar-refractivity contribution is 5.76. The number of aliphatic carboxylic acids is 2. The standard InChI is InChI=1S/C56H93NO43/c1-12-24(64)32(72)36(76)48(87-12)92-19-6-55(53(82)83,99-45(28(68)17(62)8-58)41(19)95-50-38(78)34(74)26(66)14(3)89-50)86-11-22-31(71)43(23(47(81)91-22)57-16(5)61)97-52-40(80)44(30(70)21(10-60)94-52)98-56(54(84)85)7-20(93-49-37(77)33(73)25(65)13(2)88-49)42(46(100-56)29(69)18(63)9-59)96-51-39(79)35(75)27(67)15(4)90-51/h12-15,17-52,58-60,62-81H,6-11H2,1-5H3,(H,57,61)(H,82,83)(H,84,85)/t12-,13-,14-,15-,17+,18+,19-,20-,21+,22+,23+,24+,25+,26+,27+,28+,29+,30-,31-,32+,33+,34+,35+,36-,37-,38-,39-,40+,41+,42+,43+,44-,45-,46-,47?,48-,49-,50-,51-,52-,55+,56+/m0/s1. The molecule has 1 unspecified atom stereocenters. The van der Waals surface area contributed by atoms with Gasteiger partial charge in [0.05, 0.1) is 63.1 Å². The van der Waals surface area contributed by atoms with Crippen molar-refractivity contribution in [2.24, 2.45) is 0 Å². The Balaban J connectivity index is 1.12. The maximum atomic E-state index is 14.0. The Morgan fingerprint density at radius 2 is 0.780 bits per heavy atom. The third-order valence-corrected chi connectivity index (χ3v) is 18.9. The van der Waals surface area contributed by atoms with Crippen molar-refractivity contribution in [3.8, 4) is 0 Å². The van der Waals surface area contributed by atoms with Gasteiger partial charge >= 0.3 is 11.9 Å². The summed E-state index contributed by atoms with van der Waals surface area (Å²) in [4.78, 5) is 40.5. The van der Waals surface area contributed by atoms with E-state index in [1.165, 1.54) is 27.7 Å². The molecular weight excluding hydrogens is 1370 g/mol. The maximum Gasteiger partial charge on any atom is 0.364 e. The topological polar surface area (TPSA) is 707 Å². The predicted octanol–water partition coefficient (Wildman–Crippen LogP) is -15.8. The van der Waals surface area contributed by atoms with Gasteiger partial charge in [0.25, 0.3) is 11.6 Å². The highest BCUT2D eigenvalue weighted by atomic mass is 16.8. The second-order valence-electron chi connectivity index (χ2n) is 25.9. The zero-order valence-corrected chi connectivity index (χ0v) is 53.9. The van der Waals surface area contributed by atoms with Crippen LogP contribution in [0.1, 0.15) is 47.5 Å². The second kappa shape index (κ2) is 33.8. The number of hydrogen-bond acceptors (Lipinski definition) is 41. The molecule has 42 atom stereocenters. The number of ether oxygens (including phenoxy) is 15. The number of hydrogen-bond donors (Lipinski definition) is 26. The summed E-state index contributed by atoms with van der Waals surface area (Å²) in [6, 6.07) is -2.04. The van der Waals surface area contributed by atoms with Crippen molar-refractivity contribution in [3.63, 3.8) is 0 Å². The number of carboxylic acids is 2. The third-order valence-electron chi connectivity index (χ3n) is 18.9. The lowest BCUT2D eigenvalue weighted by Gasteiger charge is -2.52. The van der Waals surface area contributed by atoms with Gasteiger partial charge in [-0.15, -0.1) is 0 Å². The average molecular weight is 1470 g/mol. The molecule has 0 saturated carbocycles. The zero-order valence-electron chi connectivity index (χ0n) is 53.9. The van der Waals surface area contributed by atoms with Gasteiger partial charge in [-0.25, -0.2) is 9.59 Å². The third kappa shape index (κ3) is 17.0. The van der Waals surface area contributed by atoms with Crippen LogP contribution in [0.3, 0.4) is 0 Å². The van der Waals surface area contributed by atoms with Gasteiger partial charge in [0.15, 0.2) is 37.7 Å². The van der Waals surface area contributed by atoms with Crippen molar-refractivity contribution in [2.75, 3.05) is 26.4 Å². The first kappa shape index (κ1) is 82.5. The highest BCUT2D eigenvalue weighted by Gasteiger charge is 2.65. The molecule has 100 heavy (non-hydrogen) atoms. The average Bonchev–Trinajstić information content (AvgIpc) is 0.752. The number of amides is 1. The molecule has 8 aliphatic rings. The Morgan fingerprint density at radius 3 is 1.15 bits per heavy atom. The molecule has 8 fully saturated rings. The molecule has 0 aromatic rings. The molecule has 8 rings (SSSR count). The van der Waals surface area contributed by atoms with Crippen LogP contribution in [0.4, 0.5) is 0 Å². The number of carboxylic acid groups (broad SMARTS) is 2. The van der Waals surface area contributed by atoms with Crippen molar-refractivity contribution in [2.45, 2.75) is 304 Å². The molecular formula is C56H93NO43. The Kier molecular flexibility index (Phi) is 27.9. The zero-order chi connectivity index (χ0) is 74.4. The minimum atomic E-state index is -3.56. The van der Waals surface area contributed by atoms with Crippen LogP contribution in [-0.4, -0.2) is 429 Å². The molecule has 580 valence electrons. The van der Waals surface area contributed by atoms with E-state index in [0.29, 0.717) is 0 Å². The first-order valence-corrected chi connectivity index (χ1v) is 31.8. The quantitative estimate of drug-likeness (QED) is 0.0404. The molecule has 8 heterocycles. The van der Waals surface area contributed by atoms with Gasteiger partial charge in [0, 0.05) is 19.8 Å². The van der Waals surface area contributed by atoms with Crippen LogP contribution in [0.25, 0.3) is 0 Å². The Labute approximate surface area is 565 Å². The summed E-state index contributed by atoms with van der Waals surface area (Å²) < 4.78 is 87.3. The first-order valence-electron chi connectivity index (χ1n) is 31.8. The Hall–Kier alpha value is -3.11. The molecule has 26 N–H and O–H groups in total. The monoisotopic (exact) mass is 1470 g/mol. The molecule has 0 radical (unpaired) electrons. The van der Waals surface area contributed by atoms with Gasteiger partial charge in [-0.3, -0.25) is 4.79 Å². The summed E-state index contributed by atoms with van der Waals surface area (Å²) in [7, 11) is 0. The molecule has 1 amide bonds. The normalized spacial score (nSPS) is 50.2. The van der Waals surface area contributed by atoms with E-state index in [2.05, 4.69) is 5.32 Å². The molecule has 0 aromatic heterocycles. The van der Waals surface area contributed by atoms with E-state index in [0.717, 1.165) is 6.92 Å². The van der Waals surface area contributed by atoms with E-state index in [4.69, 9.17) is 71.1 Å². The minimum Gasteiger partial charge on any atom is -0.477 e. The van der Waals surface area contributed by atoms with Gasteiger partial charge in [0.1, 0.15) is 171 Å². The number of aliphatic hydroxyl groups excluding tert-OH is 23. The Bertz CT molecular complexity index is 2650. The smallest absolute Gasteiger partial charge is 0.364 e. The molecule has 0 aliphatic carbocycles. The fourth-order valence-corrected chi connectivity index (χ4v) is 12.9. The Morgan fingerprint density at radius 1 is 0.430 bits per heavy atom. The molecule has 8 saturated heterocycles. The summed E-state index contributed by atoms with van der Waals surface area (Å²) in [6.45, 7) is 0.427. The van der Waals surface area contributed by atoms with Crippen LogP contribution >= 0.6 is 0 Å². The van der Waals surface area contributed by atoms with Crippen LogP contribution in [0.2, 0.25) is 0 Å². The molecule has 44 nitrogen and oxygen atoms in total. The van der Waals surface area contributed by atoms with Crippen LogP contribution in [-0.2, 0) is 85.4 Å². The lowest BCUT2D eigenvalue weighted by Crippen LogP contribution is -2.71. The number of carbonyl (C=O) groups excluding carboxylic acids is 1. The molecule has 0 bridgehead atoms. The van der Waals surface area contributed by atoms with Crippen LogP contribution in [0.15, 0.2) is 0 Å². The van der Waals surface area contributed by atoms with E-state index >= 15 is 0 Å².